The normalized spacial score (nSPS) is 10.9. The smallest absolute Gasteiger partial charge is 0.303 e. The van der Waals surface area contributed by atoms with Gasteiger partial charge in [-0.15, -0.1) is 5.10 Å². The molecule has 1 N–H and O–H groups in total. The molecule has 2 rings (SSSR count). The van der Waals surface area contributed by atoms with E-state index in [1.807, 2.05) is 12.1 Å². The minimum atomic E-state index is -0.823. The molecular weight excluding hydrogens is 242 g/mol. The summed E-state index contributed by atoms with van der Waals surface area (Å²) in [5.41, 5.74) is 2.89. The van der Waals surface area contributed by atoms with E-state index < -0.39 is 5.97 Å². The second-order valence-electron chi connectivity index (χ2n) is 4.79. The molecular formula is C14H17N3O2. The maximum absolute atomic E-state index is 10.5. The van der Waals surface area contributed by atoms with E-state index in [0.717, 1.165) is 5.69 Å². The Bertz CT molecular complexity index is 558. The number of aliphatic carboxylic acids is 1. The van der Waals surface area contributed by atoms with Crippen molar-refractivity contribution in [1.82, 2.24) is 15.0 Å². The molecule has 0 fully saturated rings. The summed E-state index contributed by atoms with van der Waals surface area (Å²) in [6.45, 7) is 4.29. The Kier molecular flexibility index (Phi) is 3.94. The number of aryl methyl sites for hydroxylation is 1. The highest BCUT2D eigenvalue weighted by molar-refractivity contribution is 5.66. The van der Waals surface area contributed by atoms with Gasteiger partial charge < -0.3 is 5.11 Å². The first-order chi connectivity index (χ1) is 9.06. The quantitative estimate of drug-likeness (QED) is 0.895. The van der Waals surface area contributed by atoms with E-state index >= 15 is 0 Å². The summed E-state index contributed by atoms with van der Waals surface area (Å²) in [5, 5.41) is 16.6. The van der Waals surface area contributed by atoms with Crippen molar-refractivity contribution in [2.45, 2.75) is 32.6 Å². The summed E-state index contributed by atoms with van der Waals surface area (Å²) in [4.78, 5) is 10.5. The predicted octanol–water partition coefficient (Wildman–Crippen LogP) is 2.41. The topological polar surface area (TPSA) is 68.0 Å². The fourth-order valence-electron chi connectivity index (χ4n) is 1.79. The van der Waals surface area contributed by atoms with Crippen molar-refractivity contribution >= 4 is 5.97 Å². The summed E-state index contributed by atoms with van der Waals surface area (Å²) in [6.07, 6.45) is 2.25. The van der Waals surface area contributed by atoms with Gasteiger partial charge in [0.2, 0.25) is 0 Å². The lowest BCUT2D eigenvalue weighted by atomic mass is 10.0. The molecule has 0 radical (unpaired) electrons. The molecule has 0 aliphatic rings. The molecule has 0 unspecified atom stereocenters. The average Bonchev–Trinajstić information content (AvgIpc) is 2.85. The van der Waals surface area contributed by atoms with Gasteiger partial charge in [-0.2, -0.15) is 0 Å². The van der Waals surface area contributed by atoms with Crippen LogP contribution in [0.4, 0.5) is 0 Å². The molecule has 0 saturated carbocycles. The Hall–Kier alpha value is -2.17. The van der Waals surface area contributed by atoms with Gasteiger partial charge >= 0.3 is 5.97 Å². The van der Waals surface area contributed by atoms with Crippen molar-refractivity contribution in [3.63, 3.8) is 0 Å². The molecule has 0 atom stereocenters. The minimum absolute atomic E-state index is 0.0744. The predicted molar refractivity (Wildman–Crippen MR) is 71.4 cm³/mol. The monoisotopic (exact) mass is 259 g/mol. The number of carbonyl (C=O) groups is 1. The maximum Gasteiger partial charge on any atom is 0.303 e. The van der Waals surface area contributed by atoms with Crippen LogP contribution in [-0.2, 0) is 11.2 Å². The average molecular weight is 259 g/mol. The van der Waals surface area contributed by atoms with Crippen LogP contribution in [0, 0.1) is 0 Å². The highest BCUT2D eigenvalue weighted by Crippen LogP contribution is 2.16. The molecule has 0 amide bonds. The summed E-state index contributed by atoms with van der Waals surface area (Å²) in [6, 6.07) is 8.12. The van der Waals surface area contributed by atoms with E-state index in [2.05, 4.69) is 36.3 Å². The molecule has 5 nitrogen and oxygen atoms in total. The van der Waals surface area contributed by atoms with Gasteiger partial charge in [0, 0.05) is 6.42 Å². The molecule has 5 heteroatoms. The lowest BCUT2D eigenvalue weighted by molar-refractivity contribution is -0.136. The molecule has 19 heavy (non-hydrogen) atoms. The third kappa shape index (κ3) is 3.40. The first-order valence-electron chi connectivity index (χ1n) is 6.29. The third-order valence-corrected chi connectivity index (χ3v) is 2.96. The van der Waals surface area contributed by atoms with Crippen LogP contribution in [0.2, 0.25) is 0 Å². The van der Waals surface area contributed by atoms with E-state index in [4.69, 9.17) is 5.11 Å². The highest BCUT2D eigenvalue weighted by Gasteiger charge is 2.06. The van der Waals surface area contributed by atoms with Crippen molar-refractivity contribution in [1.29, 1.82) is 0 Å². The molecule has 1 heterocycles. The molecule has 0 spiro atoms. The minimum Gasteiger partial charge on any atom is -0.481 e. The first kappa shape index (κ1) is 13.3. The van der Waals surface area contributed by atoms with Gasteiger partial charge in [0.05, 0.1) is 24.0 Å². The number of hydrogen-bond donors (Lipinski definition) is 1. The zero-order chi connectivity index (χ0) is 13.8. The van der Waals surface area contributed by atoms with Crippen molar-refractivity contribution < 1.29 is 9.90 Å². The zero-order valence-corrected chi connectivity index (χ0v) is 11.1. The van der Waals surface area contributed by atoms with Gasteiger partial charge in [0.15, 0.2) is 0 Å². The SMILES string of the molecule is CC(C)c1ccc(-n2cc(CCC(=O)O)nn2)cc1. The van der Waals surface area contributed by atoms with Crippen molar-refractivity contribution in [3.05, 3.63) is 41.7 Å². The van der Waals surface area contributed by atoms with Crippen LogP contribution in [0.3, 0.4) is 0 Å². The summed E-state index contributed by atoms with van der Waals surface area (Å²) < 4.78 is 1.67. The van der Waals surface area contributed by atoms with Crippen LogP contribution in [0.25, 0.3) is 5.69 Å². The Balaban J connectivity index is 2.11. The van der Waals surface area contributed by atoms with Crippen molar-refractivity contribution in [2.75, 3.05) is 0 Å². The van der Waals surface area contributed by atoms with E-state index in [-0.39, 0.29) is 6.42 Å². The van der Waals surface area contributed by atoms with E-state index in [1.165, 1.54) is 5.56 Å². The van der Waals surface area contributed by atoms with Gasteiger partial charge in [0.25, 0.3) is 0 Å². The lowest BCUT2D eigenvalue weighted by Crippen LogP contribution is -1.97. The van der Waals surface area contributed by atoms with Crippen LogP contribution < -0.4 is 0 Å². The fourth-order valence-corrected chi connectivity index (χ4v) is 1.79. The molecule has 1 aromatic heterocycles. The van der Waals surface area contributed by atoms with Crippen molar-refractivity contribution in [2.24, 2.45) is 0 Å². The summed E-state index contributed by atoms with van der Waals surface area (Å²) in [7, 11) is 0. The number of rotatable bonds is 5. The van der Waals surface area contributed by atoms with Gasteiger partial charge in [-0.3, -0.25) is 4.79 Å². The number of aromatic nitrogens is 3. The van der Waals surface area contributed by atoms with Gasteiger partial charge in [-0.25, -0.2) is 4.68 Å². The Morgan fingerprint density at radius 3 is 2.58 bits per heavy atom. The lowest BCUT2D eigenvalue weighted by Gasteiger charge is -2.06. The van der Waals surface area contributed by atoms with Crippen LogP contribution >= 0.6 is 0 Å². The highest BCUT2D eigenvalue weighted by atomic mass is 16.4. The zero-order valence-electron chi connectivity index (χ0n) is 11.1. The summed E-state index contributed by atoms with van der Waals surface area (Å²) in [5.74, 6) is -0.327. The molecule has 0 bridgehead atoms. The Morgan fingerprint density at radius 2 is 2.00 bits per heavy atom. The van der Waals surface area contributed by atoms with Crippen molar-refractivity contribution in [3.8, 4) is 5.69 Å². The van der Waals surface area contributed by atoms with Crippen LogP contribution in [-0.4, -0.2) is 26.1 Å². The molecule has 100 valence electrons. The molecule has 0 aliphatic heterocycles. The molecule has 1 aromatic carbocycles. The number of nitrogens with zero attached hydrogens (tertiary/aromatic N) is 3. The van der Waals surface area contributed by atoms with Gasteiger partial charge in [-0.1, -0.05) is 31.2 Å². The number of carboxylic acid groups (broad SMARTS) is 1. The largest absolute Gasteiger partial charge is 0.481 e. The standard InChI is InChI=1S/C14H17N3O2/c1-10(2)11-3-6-13(7-4-11)17-9-12(15-16-17)5-8-14(18)19/h3-4,6-7,9-10H,5,8H2,1-2H3,(H,18,19). The first-order valence-corrected chi connectivity index (χ1v) is 6.29. The summed E-state index contributed by atoms with van der Waals surface area (Å²) >= 11 is 0. The molecule has 2 aromatic rings. The third-order valence-electron chi connectivity index (χ3n) is 2.96. The van der Waals surface area contributed by atoms with Crippen LogP contribution in [0.15, 0.2) is 30.5 Å². The van der Waals surface area contributed by atoms with E-state index in [0.29, 0.717) is 18.0 Å². The second kappa shape index (κ2) is 5.65. The molecule has 0 saturated heterocycles. The van der Waals surface area contributed by atoms with E-state index in [1.54, 1.807) is 10.9 Å². The van der Waals surface area contributed by atoms with Crippen LogP contribution in [0.5, 0.6) is 0 Å². The Morgan fingerprint density at radius 1 is 1.32 bits per heavy atom. The second-order valence-corrected chi connectivity index (χ2v) is 4.79. The fraction of sp³-hybridized carbons (Fsp3) is 0.357. The van der Waals surface area contributed by atoms with Gasteiger partial charge in [0.1, 0.15) is 0 Å². The Labute approximate surface area is 111 Å². The van der Waals surface area contributed by atoms with Gasteiger partial charge in [-0.05, 0) is 23.6 Å². The van der Waals surface area contributed by atoms with E-state index in [9.17, 15) is 4.79 Å². The number of benzene rings is 1. The number of carboxylic acids is 1. The number of hydrogen-bond acceptors (Lipinski definition) is 3. The van der Waals surface area contributed by atoms with Crippen LogP contribution in [0.1, 0.15) is 37.4 Å². The maximum atomic E-state index is 10.5. The molecule has 0 aliphatic carbocycles.